The van der Waals surface area contributed by atoms with Crippen molar-refractivity contribution in [2.45, 2.75) is 63.9 Å². The van der Waals surface area contributed by atoms with E-state index in [1.807, 2.05) is 0 Å². The highest BCUT2D eigenvalue weighted by Gasteiger charge is 2.56. The van der Waals surface area contributed by atoms with Crippen LogP contribution in [0.15, 0.2) is 36.7 Å². The predicted molar refractivity (Wildman–Crippen MR) is 157 cm³/mol. The molecular weight excluding hydrogens is 644 g/mol. The summed E-state index contributed by atoms with van der Waals surface area (Å²) in [5, 5.41) is 16.2. The molecule has 2 aromatic heterocycles. The quantitative estimate of drug-likeness (QED) is 0.0960. The molecule has 0 amide bonds. The number of anilines is 2. The Morgan fingerprint density at radius 3 is 2.44 bits per heavy atom. The van der Waals surface area contributed by atoms with Gasteiger partial charge in [-0.3, -0.25) is 23.0 Å². The number of carbonyl (C=O) groups excluding carboxylic acids is 1. The van der Waals surface area contributed by atoms with E-state index < -0.39 is 67.0 Å². The second-order valence-electron chi connectivity index (χ2n) is 10.1. The van der Waals surface area contributed by atoms with E-state index in [9.17, 15) is 14.5 Å². The molecule has 4 rings (SSSR count). The molecule has 0 aliphatic carbocycles. The van der Waals surface area contributed by atoms with E-state index in [-0.39, 0.29) is 17.3 Å². The highest BCUT2D eigenvalue weighted by molar-refractivity contribution is 7.79. The number of carbonyl (C=O) groups is 1. The third kappa shape index (κ3) is 9.50. The smallest absolute Gasteiger partial charge is 0.459 e. The summed E-state index contributed by atoms with van der Waals surface area (Å²) in [6, 6.07) is 7.05. The summed E-state index contributed by atoms with van der Waals surface area (Å²) in [6.45, 7) is 5.37. The molecule has 1 saturated heterocycles. The monoisotopic (exact) mass is 679 g/mol. The largest absolute Gasteiger partial charge is 0.462 e. The minimum absolute atomic E-state index is 0.0761. The first kappa shape index (κ1) is 36.0. The van der Waals surface area contributed by atoms with Crippen LogP contribution < -0.4 is 20.7 Å². The van der Waals surface area contributed by atoms with Crippen LogP contribution in [0.2, 0.25) is 0 Å². The molecule has 6 atom stereocenters. The fourth-order valence-electron chi connectivity index (χ4n) is 4.14. The Morgan fingerprint density at radius 2 is 1.87 bits per heavy atom. The van der Waals surface area contributed by atoms with E-state index in [0.717, 1.165) is 6.92 Å². The van der Waals surface area contributed by atoms with Gasteiger partial charge in [0.2, 0.25) is 5.95 Å². The van der Waals surface area contributed by atoms with Crippen LogP contribution in [0.1, 0.15) is 33.9 Å². The molecule has 3 aromatic rings. The SMILES string of the molecule is CNc1nc(N)nc2c1ncn2C1OC(COP(=O)(NC(C)C(=O)OC(C)C)Oc2ccccc2)C(O)C1(C)F.O=S(=O)(O)O. The van der Waals surface area contributed by atoms with Gasteiger partial charge >= 0.3 is 24.1 Å². The van der Waals surface area contributed by atoms with Gasteiger partial charge in [-0.1, -0.05) is 18.2 Å². The number of alkyl halides is 1. The third-order valence-electron chi connectivity index (χ3n) is 6.08. The molecule has 0 saturated carbocycles. The molecular formula is C24H35FN7O11PS. The van der Waals surface area contributed by atoms with Crippen LogP contribution >= 0.6 is 7.75 Å². The average molecular weight is 680 g/mol. The van der Waals surface area contributed by atoms with Crippen molar-refractivity contribution in [3.8, 4) is 5.75 Å². The number of benzene rings is 1. The number of nitrogens with one attached hydrogen (secondary N) is 2. The maximum Gasteiger partial charge on any atom is 0.459 e. The molecule has 18 nitrogen and oxygen atoms in total. The Hall–Kier alpha value is -3.49. The van der Waals surface area contributed by atoms with Gasteiger partial charge in [0.05, 0.1) is 19.0 Å². The van der Waals surface area contributed by atoms with Crippen LogP contribution in [0.25, 0.3) is 11.2 Å². The second-order valence-corrected chi connectivity index (χ2v) is 12.7. The molecule has 1 fully saturated rings. The number of esters is 1. The number of para-hydroxylation sites is 1. The molecule has 0 spiro atoms. The zero-order valence-electron chi connectivity index (χ0n) is 24.8. The van der Waals surface area contributed by atoms with Gasteiger partial charge in [-0.25, -0.2) is 13.9 Å². The van der Waals surface area contributed by atoms with Gasteiger partial charge in [0, 0.05) is 7.05 Å². The van der Waals surface area contributed by atoms with E-state index in [1.54, 1.807) is 51.2 Å². The molecule has 1 aliphatic heterocycles. The lowest BCUT2D eigenvalue weighted by Gasteiger charge is -2.25. The number of aliphatic hydroxyl groups excluding tert-OH is 1. The first-order valence-corrected chi connectivity index (χ1v) is 16.2. The molecule has 0 radical (unpaired) electrons. The van der Waals surface area contributed by atoms with Crippen LogP contribution in [0.5, 0.6) is 5.75 Å². The maximum absolute atomic E-state index is 16.0. The average Bonchev–Trinajstić information content (AvgIpc) is 3.43. The number of imidazole rings is 1. The Morgan fingerprint density at radius 1 is 1.24 bits per heavy atom. The molecule has 45 heavy (non-hydrogen) atoms. The zero-order valence-corrected chi connectivity index (χ0v) is 26.5. The van der Waals surface area contributed by atoms with Crippen molar-refractivity contribution in [1.29, 1.82) is 0 Å². The second kappa shape index (κ2) is 14.3. The summed E-state index contributed by atoms with van der Waals surface area (Å²) in [5.41, 5.74) is 3.94. The van der Waals surface area contributed by atoms with Crippen molar-refractivity contribution >= 4 is 47.0 Å². The fourth-order valence-corrected chi connectivity index (χ4v) is 5.64. The standard InChI is InChI=1S/C24H33FN7O7P.H2O4S/c1-13(2)37-21(34)14(3)31-40(35,39-15-9-7-6-8-10-15)36-11-16-18(33)24(4,25)22(38-16)32-12-28-17-19(27-5)29-23(26)30-20(17)32;1-5(2,3)4/h6-10,12-14,16,18,22,33H,11H2,1-5H3,(H,31,35)(H3,26,27,29,30);(H2,1,2,3,4). The minimum atomic E-state index is -4.67. The molecule has 250 valence electrons. The molecule has 6 unspecified atom stereocenters. The number of rotatable bonds is 11. The Kier molecular flexibility index (Phi) is 11.4. The summed E-state index contributed by atoms with van der Waals surface area (Å²) in [5.74, 6) is -0.243. The van der Waals surface area contributed by atoms with Crippen LogP contribution in [0.4, 0.5) is 16.2 Å². The first-order valence-electron chi connectivity index (χ1n) is 13.2. The number of nitrogens with zero attached hydrogens (tertiary/aromatic N) is 4. The van der Waals surface area contributed by atoms with Crippen molar-refractivity contribution in [3.05, 3.63) is 36.7 Å². The van der Waals surface area contributed by atoms with Gasteiger partial charge in [-0.15, -0.1) is 0 Å². The highest BCUT2D eigenvalue weighted by atomic mass is 32.3. The van der Waals surface area contributed by atoms with E-state index in [0.29, 0.717) is 11.3 Å². The van der Waals surface area contributed by atoms with Crippen LogP contribution in [0, 0.1) is 0 Å². The van der Waals surface area contributed by atoms with Crippen molar-refractivity contribution in [2.24, 2.45) is 0 Å². The summed E-state index contributed by atoms with van der Waals surface area (Å²) in [6.07, 6.45) is -3.52. The van der Waals surface area contributed by atoms with Gasteiger partial charge in [0.1, 0.15) is 24.0 Å². The number of aromatic nitrogens is 4. The summed E-state index contributed by atoms with van der Waals surface area (Å²) < 4.78 is 84.8. The first-order chi connectivity index (χ1) is 20.8. The molecule has 1 aliphatic rings. The molecule has 0 bridgehead atoms. The van der Waals surface area contributed by atoms with Gasteiger partial charge in [-0.05, 0) is 39.8 Å². The number of aliphatic hydroxyl groups is 1. The number of halogens is 1. The van der Waals surface area contributed by atoms with Crippen molar-refractivity contribution < 1.29 is 54.9 Å². The summed E-state index contributed by atoms with van der Waals surface area (Å²) in [4.78, 5) is 24.8. The Balaban J connectivity index is 0.00000102. The number of nitrogen functional groups attached to an aromatic ring is 1. The lowest BCUT2D eigenvalue weighted by molar-refractivity contribution is -0.149. The van der Waals surface area contributed by atoms with E-state index in [4.69, 9.17) is 41.8 Å². The minimum Gasteiger partial charge on any atom is -0.462 e. The van der Waals surface area contributed by atoms with Gasteiger partial charge in [0.15, 0.2) is 28.9 Å². The number of nitrogens with two attached hydrogens (primary N) is 1. The van der Waals surface area contributed by atoms with Crippen molar-refractivity contribution in [2.75, 3.05) is 24.7 Å². The molecule has 1 aromatic carbocycles. The van der Waals surface area contributed by atoms with E-state index in [2.05, 4.69) is 25.4 Å². The summed E-state index contributed by atoms with van der Waals surface area (Å²) in [7, 11) is -7.33. The van der Waals surface area contributed by atoms with Gasteiger partial charge in [-0.2, -0.15) is 23.5 Å². The van der Waals surface area contributed by atoms with Crippen LogP contribution in [0.3, 0.4) is 0 Å². The number of fused-ring (bicyclic) bond motifs is 1. The predicted octanol–water partition coefficient (Wildman–Crippen LogP) is 1.92. The topological polar surface area (TPSA) is 260 Å². The Labute approximate surface area is 257 Å². The van der Waals surface area contributed by atoms with Crippen LogP contribution in [-0.2, 0) is 33.8 Å². The number of hydrogen-bond donors (Lipinski definition) is 6. The van der Waals surface area contributed by atoms with E-state index >= 15 is 4.39 Å². The van der Waals surface area contributed by atoms with E-state index in [1.165, 1.54) is 17.8 Å². The lowest BCUT2D eigenvalue weighted by atomic mass is 9.98. The number of ether oxygens (including phenoxy) is 2. The fraction of sp³-hybridized carbons (Fsp3) is 0.500. The Bertz CT molecular complexity index is 1620. The maximum atomic E-state index is 16.0. The summed E-state index contributed by atoms with van der Waals surface area (Å²) >= 11 is 0. The molecule has 21 heteroatoms. The van der Waals surface area contributed by atoms with Crippen LogP contribution in [-0.4, -0.2) is 91.8 Å². The lowest BCUT2D eigenvalue weighted by Crippen LogP contribution is -2.41. The van der Waals surface area contributed by atoms with Gasteiger partial charge < -0.3 is 30.2 Å². The van der Waals surface area contributed by atoms with Crippen molar-refractivity contribution in [3.63, 3.8) is 0 Å². The number of hydrogen-bond acceptors (Lipinski definition) is 14. The molecule has 7 N–H and O–H groups in total. The molecule has 3 heterocycles. The van der Waals surface area contributed by atoms with Gasteiger partial charge in [0.25, 0.3) is 0 Å². The zero-order chi connectivity index (χ0) is 33.7. The third-order valence-corrected chi connectivity index (χ3v) is 7.72. The normalized spacial score (nSPS) is 23.6. The highest BCUT2D eigenvalue weighted by Crippen LogP contribution is 2.48. The van der Waals surface area contributed by atoms with Crippen molar-refractivity contribution in [1.82, 2.24) is 24.6 Å².